The van der Waals surface area contributed by atoms with Gasteiger partial charge in [0.1, 0.15) is 10.8 Å². The Kier molecular flexibility index (Phi) is 4.67. The maximum atomic E-state index is 13.4. The molecule has 108 valence electrons. The molecule has 0 unspecified atom stereocenters. The first-order chi connectivity index (χ1) is 9.47. The van der Waals surface area contributed by atoms with Gasteiger partial charge in [-0.3, -0.25) is 9.69 Å². The van der Waals surface area contributed by atoms with Gasteiger partial charge in [-0.25, -0.2) is 4.39 Å². The van der Waals surface area contributed by atoms with Gasteiger partial charge in [-0.2, -0.15) is 0 Å². The molecule has 0 atom stereocenters. The summed E-state index contributed by atoms with van der Waals surface area (Å²) in [5.74, 6) is -0.193. The molecule has 1 amide bonds. The number of piperazine rings is 1. The molecule has 1 aromatic rings. The molecule has 1 fully saturated rings. The van der Waals surface area contributed by atoms with E-state index in [4.69, 9.17) is 18.0 Å². The molecule has 0 aliphatic carbocycles. The highest BCUT2D eigenvalue weighted by molar-refractivity contribution is 7.80. The van der Waals surface area contributed by atoms with Crippen LogP contribution < -0.4 is 5.73 Å². The van der Waals surface area contributed by atoms with Crippen molar-refractivity contribution in [1.29, 1.82) is 0 Å². The van der Waals surface area contributed by atoms with Crippen molar-refractivity contribution in [1.82, 2.24) is 9.80 Å². The third-order valence-electron chi connectivity index (χ3n) is 3.54. The number of amides is 1. The van der Waals surface area contributed by atoms with E-state index >= 15 is 0 Å². The van der Waals surface area contributed by atoms with Gasteiger partial charge in [-0.15, -0.1) is 0 Å². The second kappa shape index (κ2) is 6.28. The second-order valence-electron chi connectivity index (χ2n) is 4.95. The molecule has 0 saturated carbocycles. The molecule has 2 rings (SSSR count). The van der Waals surface area contributed by atoms with Gasteiger partial charge in [0.25, 0.3) is 0 Å². The van der Waals surface area contributed by atoms with E-state index < -0.39 is 0 Å². The van der Waals surface area contributed by atoms with Crippen LogP contribution in [0.15, 0.2) is 18.2 Å². The monoisotopic (exact) mass is 295 g/mol. The van der Waals surface area contributed by atoms with Crippen LogP contribution >= 0.6 is 12.2 Å². The van der Waals surface area contributed by atoms with Gasteiger partial charge in [-0.05, 0) is 23.8 Å². The lowest BCUT2D eigenvalue weighted by Gasteiger charge is -2.34. The Morgan fingerprint density at radius 2 is 2.00 bits per heavy atom. The van der Waals surface area contributed by atoms with E-state index in [-0.39, 0.29) is 16.7 Å². The molecule has 1 heterocycles. The summed E-state index contributed by atoms with van der Waals surface area (Å²) in [7, 11) is 0. The highest BCUT2D eigenvalue weighted by Gasteiger charge is 2.19. The Balaban J connectivity index is 2.06. The molecule has 0 spiro atoms. The predicted molar refractivity (Wildman–Crippen MR) is 79.8 cm³/mol. The summed E-state index contributed by atoms with van der Waals surface area (Å²) < 4.78 is 13.4. The van der Waals surface area contributed by atoms with Gasteiger partial charge < -0.3 is 10.6 Å². The average Bonchev–Trinajstić information content (AvgIpc) is 2.39. The first kappa shape index (κ1) is 14.9. The number of hydrogen-bond acceptors (Lipinski definition) is 3. The number of carbonyl (C=O) groups is 1. The zero-order valence-electron chi connectivity index (χ0n) is 11.4. The van der Waals surface area contributed by atoms with Crippen LogP contribution in [0.1, 0.15) is 18.1 Å². The predicted octanol–water partition coefficient (Wildman–Crippen LogP) is 1.12. The highest BCUT2D eigenvalue weighted by atomic mass is 32.1. The molecule has 20 heavy (non-hydrogen) atoms. The first-order valence-electron chi connectivity index (χ1n) is 6.53. The highest BCUT2D eigenvalue weighted by Crippen LogP contribution is 2.15. The minimum Gasteiger partial charge on any atom is -0.389 e. The zero-order valence-corrected chi connectivity index (χ0v) is 12.3. The van der Waals surface area contributed by atoms with Crippen LogP contribution in [0.2, 0.25) is 0 Å². The molecule has 4 nitrogen and oxygen atoms in total. The fraction of sp³-hybridized carbons (Fsp3) is 0.429. The van der Waals surface area contributed by atoms with Gasteiger partial charge in [0.15, 0.2) is 0 Å². The van der Waals surface area contributed by atoms with Crippen molar-refractivity contribution in [3.63, 3.8) is 0 Å². The lowest BCUT2D eigenvalue weighted by atomic mass is 10.1. The molecule has 2 N–H and O–H groups in total. The summed E-state index contributed by atoms with van der Waals surface area (Å²) in [6.07, 6.45) is 0. The van der Waals surface area contributed by atoms with Crippen LogP contribution in [-0.2, 0) is 11.3 Å². The van der Waals surface area contributed by atoms with Crippen molar-refractivity contribution >= 4 is 23.1 Å². The number of carbonyl (C=O) groups excluding carboxylic acids is 1. The zero-order chi connectivity index (χ0) is 14.7. The van der Waals surface area contributed by atoms with E-state index in [2.05, 4.69) is 4.90 Å². The van der Waals surface area contributed by atoms with Crippen LogP contribution in [0.25, 0.3) is 0 Å². The fourth-order valence-electron chi connectivity index (χ4n) is 2.40. The number of hydrogen-bond donors (Lipinski definition) is 1. The quantitative estimate of drug-likeness (QED) is 0.849. The van der Waals surface area contributed by atoms with Crippen LogP contribution in [-0.4, -0.2) is 46.9 Å². The van der Waals surface area contributed by atoms with Gasteiger partial charge in [0, 0.05) is 45.2 Å². The van der Waals surface area contributed by atoms with Crippen molar-refractivity contribution in [2.75, 3.05) is 26.2 Å². The Labute approximate surface area is 123 Å². The van der Waals surface area contributed by atoms with Crippen molar-refractivity contribution < 1.29 is 9.18 Å². The third-order valence-corrected chi connectivity index (χ3v) is 3.76. The average molecular weight is 295 g/mol. The van der Waals surface area contributed by atoms with E-state index in [1.165, 1.54) is 12.1 Å². The second-order valence-corrected chi connectivity index (χ2v) is 5.39. The van der Waals surface area contributed by atoms with Gasteiger partial charge in [0.05, 0.1) is 0 Å². The molecular weight excluding hydrogens is 277 g/mol. The molecule has 0 aromatic heterocycles. The van der Waals surface area contributed by atoms with Gasteiger partial charge >= 0.3 is 0 Å². The standard InChI is InChI=1S/C14H18FN3OS/c1-10(19)18-6-4-17(5-7-18)9-11-8-12(15)2-3-13(11)14(16)20/h2-3,8H,4-7,9H2,1H3,(H2,16,20). The van der Waals surface area contributed by atoms with E-state index in [0.29, 0.717) is 19.6 Å². The van der Waals surface area contributed by atoms with E-state index in [1.54, 1.807) is 13.0 Å². The van der Waals surface area contributed by atoms with Crippen LogP contribution in [0, 0.1) is 5.82 Å². The number of benzene rings is 1. The molecule has 0 radical (unpaired) electrons. The van der Waals surface area contributed by atoms with Gasteiger partial charge in [-0.1, -0.05) is 12.2 Å². The van der Waals surface area contributed by atoms with E-state index in [1.807, 2.05) is 4.90 Å². The lowest BCUT2D eigenvalue weighted by molar-refractivity contribution is -0.130. The van der Waals surface area contributed by atoms with E-state index in [9.17, 15) is 9.18 Å². The molecule has 1 aliphatic rings. The Morgan fingerprint density at radius 1 is 1.35 bits per heavy atom. The van der Waals surface area contributed by atoms with Crippen molar-refractivity contribution in [2.45, 2.75) is 13.5 Å². The Morgan fingerprint density at radius 3 is 2.55 bits per heavy atom. The number of halogens is 1. The summed E-state index contributed by atoms with van der Waals surface area (Å²) in [5.41, 5.74) is 7.19. The van der Waals surface area contributed by atoms with Crippen LogP contribution in [0.4, 0.5) is 4.39 Å². The minimum absolute atomic E-state index is 0.0965. The number of rotatable bonds is 3. The summed E-state index contributed by atoms with van der Waals surface area (Å²) in [4.78, 5) is 15.5. The van der Waals surface area contributed by atoms with Crippen molar-refractivity contribution in [3.05, 3.63) is 35.1 Å². The maximum absolute atomic E-state index is 13.4. The molecular formula is C14H18FN3OS. The number of thiocarbonyl (C=S) groups is 1. The lowest BCUT2D eigenvalue weighted by Crippen LogP contribution is -2.47. The first-order valence-corrected chi connectivity index (χ1v) is 6.94. The maximum Gasteiger partial charge on any atom is 0.219 e. The van der Waals surface area contributed by atoms with E-state index in [0.717, 1.165) is 24.2 Å². The minimum atomic E-state index is -0.289. The number of nitrogens with two attached hydrogens (primary N) is 1. The van der Waals surface area contributed by atoms with Gasteiger partial charge in [0.2, 0.25) is 5.91 Å². The Hall–Kier alpha value is -1.53. The van der Waals surface area contributed by atoms with Crippen LogP contribution in [0.3, 0.4) is 0 Å². The summed E-state index contributed by atoms with van der Waals surface area (Å²) in [5, 5.41) is 0. The SMILES string of the molecule is CC(=O)N1CCN(Cc2cc(F)ccc2C(N)=S)CC1. The molecule has 1 aliphatic heterocycles. The number of nitrogens with zero attached hydrogens (tertiary/aromatic N) is 2. The smallest absolute Gasteiger partial charge is 0.219 e. The topological polar surface area (TPSA) is 49.6 Å². The normalized spacial score (nSPS) is 16.2. The largest absolute Gasteiger partial charge is 0.389 e. The summed E-state index contributed by atoms with van der Waals surface area (Å²) in [6.45, 7) is 5.11. The third kappa shape index (κ3) is 3.52. The van der Waals surface area contributed by atoms with Crippen molar-refractivity contribution in [3.8, 4) is 0 Å². The summed E-state index contributed by atoms with van der Waals surface area (Å²) >= 11 is 5.00. The summed E-state index contributed by atoms with van der Waals surface area (Å²) in [6, 6.07) is 4.47. The Bertz CT molecular complexity index is 527. The van der Waals surface area contributed by atoms with Crippen LogP contribution in [0.5, 0.6) is 0 Å². The molecule has 6 heteroatoms. The van der Waals surface area contributed by atoms with Crippen molar-refractivity contribution in [2.24, 2.45) is 5.73 Å². The fourth-order valence-corrected chi connectivity index (χ4v) is 2.59. The molecule has 1 saturated heterocycles. The molecule has 1 aromatic carbocycles. The molecule has 0 bridgehead atoms.